The van der Waals surface area contributed by atoms with Crippen LogP contribution in [-0.4, -0.2) is 18.8 Å². The van der Waals surface area contributed by atoms with Crippen molar-refractivity contribution < 1.29 is 4.74 Å². The van der Waals surface area contributed by atoms with Gasteiger partial charge in [-0.25, -0.2) is 0 Å². The molecule has 1 saturated heterocycles. The van der Waals surface area contributed by atoms with Crippen molar-refractivity contribution in [1.82, 2.24) is 5.32 Å². The van der Waals surface area contributed by atoms with Gasteiger partial charge in [-0.2, -0.15) is 0 Å². The van der Waals surface area contributed by atoms with Gasteiger partial charge in [0.2, 0.25) is 0 Å². The zero-order valence-corrected chi connectivity index (χ0v) is 17.3. The van der Waals surface area contributed by atoms with E-state index in [2.05, 4.69) is 45.1 Å². The maximum absolute atomic E-state index is 6.13. The van der Waals surface area contributed by atoms with E-state index in [-0.39, 0.29) is 5.60 Å². The zero-order valence-electron chi connectivity index (χ0n) is 16.5. The molecule has 0 aromatic heterocycles. The normalized spacial score (nSPS) is 27.0. The Morgan fingerprint density at radius 2 is 1.92 bits per heavy atom. The van der Waals surface area contributed by atoms with Crippen molar-refractivity contribution in [3.63, 3.8) is 0 Å². The third kappa shape index (κ3) is 6.58. The quantitative estimate of drug-likeness (QED) is 0.524. The van der Waals surface area contributed by atoms with Crippen LogP contribution in [0.1, 0.15) is 71.8 Å². The van der Waals surface area contributed by atoms with E-state index in [1.165, 1.54) is 37.7 Å². The second kappa shape index (κ2) is 9.39. The Hall–Kier alpha value is -0.570. The SMILES string of the molecule is CC[C@]1(C)C[C@](CCNCc2ccc(Cl)cc2)(CCC(C)C)CCO1. The number of halogens is 1. The summed E-state index contributed by atoms with van der Waals surface area (Å²) in [6.45, 7) is 12.1. The molecule has 0 saturated carbocycles. The maximum atomic E-state index is 6.13. The molecule has 1 aromatic rings. The standard InChI is InChI=1S/C22H36ClNO/c1-5-21(4)17-22(13-15-25-21,11-10-18(2)3)12-14-24-16-19-6-8-20(23)9-7-19/h6-9,18,24H,5,10-17H2,1-4H3/t21-,22+/m1/s1. The van der Waals surface area contributed by atoms with Gasteiger partial charge in [0.05, 0.1) is 5.60 Å². The van der Waals surface area contributed by atoms with Gasteiger partial charge in [0.25, 0.3) is 0 Å². The largest absolute Gasteiger partial charge is 0.375 e. The Kier molecular flexibility index (Phi) is 7.79. The van der Waals surface area contributed by atoms with Crippen molar-refractivity contribution in [2.24, 2.45) is 11.3 Å². The first-order valence-corrected chi connectivity index (χ1v) is 10.3. The van der Waals surface area contributed by atoms with Crippen molar-refractivity contribution in [2.45, 2.75) is 78.4 Å². The molecule has 0 spiro atoms. The molecule has 2 atom stereocenters. The summed E-state index contributed by atoms with van der Waals surface area (Å²) < 4.78 is 6.13. The molecule has 1 aliphatic heterocycles. The Labute approximate surface area is 159 Å². The summed E-state index contributed by atoms with van der Waals surface area (Å²) in [5.41, 5.74) is 1.79. The summed E-state index contributed by atoms with van der Waals surface area (Å²) >= 11 is 5.96. The van der Waals surface area contributed by atoms with Crippen molar-refractivity contribution >= 4 is 11.6 Å². The van der Waals surface area contributed by atoms with E-state index in [9.17, 15) is 0 Å². The molecule has 1 aromatic carbocycles. The molecule has 1 heterocycles. The van der Waals surface area contributed by atoms with E-state index >= 15 is 0 Å². The predicted octanol–water partition coefficient (Wildman–Crippen LogP) is 6.22. The third-order valence-electron chi connectivity index (χ3n) is 5.91. The van der Waals surface area contributed by atoms with E-state index in [4.69, 9.17) is 16.3 Å². The van der Waals surface area contributed by atoms with Crippen molar-refractivity contribution in [3.05, 3.63) is 34.9 Å². The molecule has 1 aliphatic rings. The molecule has 142 valence electrons. The van der Waals surface area contributed by atoms with Crippen LogP contribution in [0.5, 0.6) is 0 Å². The van der Waals surface area contributed by atoms with Crippen LogP contribution < -0.4 is 5.32 Å². The van der Waals surface area contributed by atoms with Crippen LogP contribution in [-0.2, 0) is 11.3 Å². The first-order valence-electron chi connectivity index (χ1n) is 9.96. The molecule has 0 radical (unpaired) electrons. The smallest absolute Gasteiger partial charge is 0.0657 e. The van der Waals surface area contributed by atoms with Crippen LogP contribution in [0.4, 0.5) is 0 Å². The Morgan fingerprint density at radius 3 is 2.56 bits per heavy atom. The lowest BCUT2D eigenvalue weighted by Gasteiger charge is -2.47. The lowest BCUT2D eigenvalue weighted by Crippen LogP contribution is -2.44. The first kappa shape index (κ1) is 20.7. The second-order valence-electron chi connectivity index (χ2n) is 8.56. The Bertz CT molecular complexity index is 515. The number of hydrogen-bond donors (Lipinski definition) is 1. The highest BCUT2D eigenvalue weighted by Gasteiger charge is 2.41. The van der Waals surface area contributed by atoms with Gasteiger partial charge in [0.1, 0.15) is 0 Å². The molecule has 0 aliphatic carbocycles. The molecule has 25 heavy (non-hydrogen) atoms. The van der Waals surface area contributed by atoms with Crippen LogP contribution in [0, 0.1) is 11.3 Å². The highest BCUT2D eigenvalue weighted by molar-refractivity contribution is 6.30. The molecular weight excluding hydrogens is 330 g/mol. The molecule has 3 heteroatoms. The van der Waals surface area contributed by atoms with Crippen molar-refractivity contribution in [1.29, 1.82) is 0 Å². The third-order valence-corrected chi connectivity index (χ3v) is 6.16. The van der Waals surface area contributed by atoms with E-state index in [1.54, 1.807) is 0 Å². The summed E-state index contributed by atoms with van der Waals surface area (Å²) in [6.07, 6.45) is 7.40. The summed E-state index contributed by atoms with van der Waals surface area (Å²) in [5, 5.41) is 4.45. The molecule has 1 fully saturated rings. The van der Waals surface area contributed by atoms with Crippen LogP contribution in [0.2, 0.25) is 5.02 Å². The van der Waals surface area contributed by atoms with E-state index in [0.29, 0.717) is 5.41 Å². The van der Waals surface area contributed by atoms with Gasteiger partial charge in [0.15, 0.2) is 0 Å². The lowest BCUT2D eigenvalue weighted by atomic mass is 9.67. The van der Waals surface area contributed by atoms with E-state index in [1.807, 2.05) is 12.1 Å². The highest BCUT2D eigenvalue weighted by Crippen LogP contribution is 2.46. The maximum Gasteiger partial charge on any atom is 0.0657 e. The van der Waals surface area contributed by atoms with Gasteiger partial charge in [0, 0.05) is 18.2 Å². The molecule has 0 amide bonds. The number of nitrogens with one attached hydrogen (secondary N) is 1. The van der Waals surface area contributed by atoms with Crippen LogP contribution in [0.15, 0.2) is 24.3 Å². The van der Waals surface area contributed by atoms with E-state index < -0.39 is 0 Å². The minimum absolute atomic E-state index is 0.0609. The van der Waals surface area contributed by atoms with Gasteiger partial charge in [-0.3, -0.25) is 0 Å². The fourth-order valence-corrected chi connectivity index (χ4v) is 4.13. The summed E-state index contributed by atoms with van der Waals surface area (Å²) in [4.78, 5) is 0. The summed E-state index contributed by atoms with van der Waals surface area (Å²) in [6, 6.07) is 8.14. The van der Waals surface area contributed by atoms with Gasteiger partial charge in [-0.05, 0) is 74.6 Å². The first-order chi connectivity index (χ1) is 11.9. The van der Waals surface area contributed by atoms with Crippen molar-refractivity contribution in [3.8, 4) is 0 Å². The number of ether oxygens (including phenoxy) is 1. The van der Waals surface area contributed by atoms with Crippen LogP contribution in [0.25, 0.3) is 0 Å². The van der Waals surface area contributed by atoms with Gasteiger partial charge >= 0.3 is 0 Å². The average molecular weight is 366 g/mol. The fraction of sp³-hybridized carbons (Fsp3) is 0.727. The monoisotopic (exact) mass is 365 g/mol. The lowest BCUT2D eigenvalue weighted by molar-refractivity contribution is -0.122. The van der Waals surface area contributed by atoms with Crippen LogP contribution >= 0.6 is 11.6 Å². The minimum atomic E-state index is 0.0609. The Morgan fingerprint density at radius 1 is 1.20 bits per heavy atom. The minimum Gasteiger partial charge on any atom is -0.375 e. The van der Waals surface area contributed by atoms with Gasteiger partial charge in [-0.1, -0.05) is 50.9 Å². The summed E-state index contributed by atoms with van der Waals surface area (Å²) in [7, 11) is 0. The summed E-state index contributed by atoms with van der Waals surface area (Å²) in [5.74, 6) is 0.773. The molecule has 0 bridgehead atoms. The molecular formula is C22H36ClNO. The number of benzene rings is 1. The highest BCUT2D eigenvalue weighted by atomic mass is 35.5. The molecule has 1 N–H and O–H groups in total. The molecule has 0 unspecified atom stereocenters. The average Bonchev–Trinajstić information content (AvgIpc) is 2.59. The predicted molar refractivity (Wildman–Crippen MR) is 108 cm³/mol. The van der Waals surface area contributed by atoms with Crippen LogP contribution in [0.3, 0.4) is 0 Å². The fourth-order valence-electron chi connectivity index (χ4n) is 4.01. The number of hydrogen-bond acceptors (Lipinski definition) is 2. The van der Waals surface area contributed by atoms with E-state index in [0.717, 1.165) is 37.1 Å². The second-order valence-corrected chi connectivity index (χ2v) is 9.00. The topological polar surface area (TPSA) is 21.3 Å². The van der Waals surface area contributed by atoms with Crippen molar-refractivity contribution in [2.75, 3.05) is 13.2 Å². The van der Waals surface area contributed by atoms with Gasteiger partial charge < -0.3 is 10.1 Å². The number of rotatable bonds is 9. The molecule has 2 rings (SSSR count). The van der Waals surface area contributed by atoms with Gasteiger partial charge in [-0.15, -0.1) is 0 Å². The zero-order chi connectivity index (χ0) is 18.3. The molecule has 2 nitrogen and oxygen atoms in total. The Balaban J connectivity index is 1.90.